The average Bonchev–Trinajstić information content (AvgIpc) is 2.33. The van der Waals surface area contributed by atoms with E-state index in [4.69, 9.17) is 0 Å². The fourth-order valence-corrected chi connectivity index (χ4v) is 1.82. The van der Waals surface area contributed by atoms with Gasteiger partial charge in [0, 0.05) is 6.04 Å². The van der Waals surface area contributed by atoms with Crippen molar-refractivity contribution in [3.05, 3.63) is 59.4 Å². The van der Waals surface area contributed by atoms with Gasteiger partial charge in [-0.1, -0.05) is 18.2 Å². The molecule has 0 bridgehead atoms. The number of phenolic OH excluding ortho intramolecular Hbond substituents is 1. The number of phenols is 1. The van der Waals surface area contributed by atoms with Crippen molar-refractivity contribution in [2.24, 2.45) is 0 Å². The molecule has 0 heterocycles. The third-order valence-electron chi connectivity index (χ3n) is 2.89. The molecule has 2 aromatic rings. The largest absolute Gasteiger partial charge is 0.508 e. The summed E-state index contributed by atoms with van der Waals surface area (Å²) < 4.78 is 13.7. The van der Waals surface area contributed by atoms with Gasteiger partial charge in [-0.25, -0.2) is 4.39 Å². The lowest BCUT2D eigenvalue weighted by molar-refractivity contribution is 0.475. The smallest absolute Gasteiger partial charge is 0.146 e. The van der Waals surface area contributed by atoms with Gasteiger partial charge >= 0.3 is 0 Å². The molecule has 2 N–H and O–H groups in total. The molecule has 0 saturated carbocycles. The zero-order chi connectivity index (χ0) is 13.1. The number of benzene rings is 2. The Morgan fingerprint density at radius 3 is 2.39 bits per heavy atom. The SMILES string of the molecule is Cc1ccc(NC(C)c2ccc(O)cc2)c(F)c1. The summed E-state index contributed by atoms with van der Waals surface area (Å²) >= 11 is 0. The van der Waals surface area contributed by atoms with E-state index in [9.17, 15) is 9.50 Å². The van der Waals surface area contributed by atoms with Crippen molar-refractivity contribution in [3.63, 3.8) is 0 Å². The van der Waals surface area contributed by atoms with Crippen LogP contribution in [0.3, 0.4) is 0 Å². The van der Waals surface area contributed by atoms with Gasteiger partial charge in [0.25, 0.3) is 0 Å². The zero-order valence-electron chi connectivity index (χ0n) is 10.4. The predicted octanol–water partition coefficient (Wildman–Crippen LogP) is 4.01. The summed E-state index contributed by atoms with van der Waals surface area (Å²) in [5, 5.41) is 12.3. The van der Waals surface area contributed by atoms with E-state index in [0.717, 1.165) is 11.1 Å². The molecule has 0 aliphatic carbocycles. The van der Waals surface area contributed by atoms with Crippen molar-refractivity contribution in [3.8, 4) is 5.75 Å². The highest BCUT2D eigenvalue weighted by molar-refractivity contribution is 5.48. The number of nitrogens with one attached hydrogen (secondary N) is 1. The molecule has 3 heteroatoms. The van der Waals surface area contributed by atoms with E-state index in [1.165, 1.54) is 6.07 Å². The van der Waals surface area contributed by atoms with Crippen molar-refractivity contribution in [1.82, 2.24) is 0 Å². The van der Waals surface area contributed by atoms with Crippen LogP contribution in [0.2, 0.25) is 0 Å². The number of anilines is 1. The fourth-order valence-electron chi connectivity index (χ4n) is 1.82. The molecule has 0 aliphatic rings. The first-order chi connectivity index (χ1) is 8.56. The standard InChI is InChI=1S/C15H16FNO/c1-10-3-8-15(14(16)9-10)17-11(2)12-4-6-13(18)7-5-12/h3-9,11,17-18H,1-2H3. The highest BCUT2D eigenvalue weighted by atomic mass is 19.1. The fraction of sp³-hybridized carbons (Fsp3) is 0.200. The van der Waals surface area contributed by atoms with Gasteiger partial charge in [0.05, 0.1) is 5.69 Å². The maximum absolute atomic E-state index is 13.7. The highest BCUT2D eigenvalue weighted by Crippen LogP contribution is 2.23. The molecule has 0 radical (unpaired) electrons. The first-order valence-electron chi connectivity index (χ1n) is 5.88. The minimum absolute atomic E-state index is 0.0252. The molecule has 0 spiro atoms. The second-order valence-corrected chi connectivity index (χ2v) is 4.44. The summed E-state index contributed by atoms with van der Waals surface area (Å²) in [6.45, 7) is 3.81. The van der Waals surface area contributed by atoms with Gasteiger partial charge < -0.3 is 10.4 Å². The van der Waals surface area contributed by atoms with E-state index in [-0.39, 0.29) is 17.6 Å². The van der Waals surface area contributed by atoms with E-state index in [1.807, 2.05) is 32.0 Å². The van der Waals surface area contributed by atoms with Crippen LogP contribution in [0.1, 0.15) is 24.1 Å². The molecule has 94 valence electrons. The number of hydrogen-bond donors (Lipinski definition) is 2. The molecule has 1 atom stereocenters. The second kappa shape index (κ2) is 5.08. The van der Waals surface area contributed by atoms with E-state index in [1.54, 1.807) is 18.2 Å². The first kappa shape index (κ1) is 12.4. The first-order valence-corrected chi connectivity index (χ1v) is 5.88. The Labute approximate surface area is 106 Å². The number of hydrogen-bond acceptors (Lipinski definition) is 2. The Kier molecular flexibility index (Phi) is 3.51. The Bertz CT molecular complexity index is 537. The third kappa shape index (κ3) is 2.80. The molecule has 0 saturated heterocycles. The van der Waals surface area contributed by atoms with Crippen LogP contribution in [0.4, 0.5) is 10.1 Å². The van der Waals surface area contributed by atoms with Crippen molar-refractivity contribution >= 4 is 5.69 Å². The maximum atomic E-state index is 13.7. The van der Waals surface area contributed by atoms with Crippen molar-refractivity contribution in [2.45, 2.75) is 19.9 Å². The van der Waals surface area contributed by atoms with Crippen LogP contribution in [0.25, 0.3) is 0 Å². The van der Waals surface area contributed by atoms with Gasteiger partial charge in [-0.05, 0) is 49.2 Å². The van der Waals surface area contributed by atoms with E-state index < -0.39 is 0 Å². The van der Waals surface area contributed by atoms with E-state index in [0.29, 0.717) is 5.69 Å². The maximum Gasteiger partial charge on any atom is 0.146 e. The number of rotatable bonds is 3. The van der Waals surface area contributed by atoms with Crippen LogP contribution in [0.15, 0.2) is 42.5 Å². The number of aromatic hydroxyl groups is 1. The summed E-state index contributed by atoms with van der Waals surface area (Å²) in [6.07, 6.45) is 0. The van der Waals surface area contributed by atoms with Crippen LogP contribution in [0, 0.1) is 12.7 Å². The predicted molar refractivity (Wildman–Crippen MR) is 71.3 cm³/mol. The van der Waals surface area contributed by atoms with Gasteiger partial charge in [0.1, 0.15) is 11.6 Å². The van der Waals surface area contributed by atoms with Gasteiger partial charge in [-0.3, -0.25) is 0 Å². The molecule has 0 aliphatic heterocycles. The molecule has 2 rings (SSSR count). The normalized spacial score (nSPS) is 12.2. The molecule has 1 unspecified atom stereocenters. The molecular weight excluding hydrogens is 229 g/mol. The molecule has 18 heavy (non-hydrogen) atoms. The lowest BCUT2D eigenvalue weighted by Gasteiger charge is -2.16. The molecule has 0 amide bonds. The Morgan fingerprint density at radius 1 is 1.11 bits per heavy atom. The van der Waals surface area contributed by atoms with Crippen LogP contribution in [-0.4, -0.2) is 5.11 Å². The second-order valence-electron chi connectivity index (χ2n) is 4.44. The van der Waals surface area contributed by atoms with E-state index in [2.05, 4.69) is 5.32 Å². The van der Waals surface area contributed by atoms with Crippen LogP contribution >= 0.6 is 0 Å². The molecule has 2 aromatic carbocycles. The highest BCUT2D eigenvalue weighted by Gasteiger charge is 2.08. The van der Waals surface area contributed by atoms with Gasteiger partial charge in [-0.2, -0.15) is 0 Å². The number of halogens is 1. The summed E-state index contributed by atoms with van der Waals surface area (Å²) in [5.41, 5.74) is 2.38. The van der Waals surface area contributed by atoms with Crippen molar-refractivity contribution < 1.29 is 9.50 Å². The van der Waals surface area contributed by atoms with Crippen LogP contribution in [0.5, 0.6) is 5.75 Å². The lowest BCUT2D eigenvalue weighted by Crippen LogP contribution is -2.07. The molecular formula is C15H16FNO. The monoisotopic (exact) mass is 245 g/mol. The van der Waals surface area contributed by atoms with Gasteiger partial charge in [-0.15, -0.1) is 0 Å². The Morgan fingerprint density at radius 2 is 1.78 bits per heavy atom. The Balaban J connectivity index is 2.15. The molecule has 0 fully saturated rings. The minimum atomic E-state index is -0.249. The molecule has 0 aromatic heterocycles. The summed E-state index contributed by atoms with van der Waals surface area (Å²) in [6, 6.07) is 12.0. The van der Waals surface area contributed by atoms with Crippen molar-refractivity contribution in [1.29, 1.82) is 0 Å². The minimum Gasteiger partial charge on any atom is -0.508 e. The van der Waals surface area contributed by atoms with Crippen LogP contribution < -0.4 is 5.32 Å². The lowest BCUT2D eigenvalue weighted by atomic mass is 10.1. The van der Waals surface area contributed by atoms with Crippen molar-refractivity contribution in [2.75, 3.05) is 5.32 Å². The average molecular weight is 245 g/mol. The topological polar surface area (TPSA) is 32.3 Å². The van der Waals surface area contributed by atoms with Gasteiger partial charge in [0.2, 0.25) is 0 Å². The van der Waals surface area contributed by atoms with Crippen LogP contribution in [-0.2, 0) is 0 Å². The zero-order valence-corrected chi connectivity index (χ0v) is 10.4. The van der Waals surface area contributed by atoms with Gasteiger partial charge in [0.15, 0.2) is 0 Å². The van der Waals surface area contributed by atoms with E-state index >= 15 is 0 Å². The summed E-state index contributed by atoms with van der Waals surface area (Å²) in [7, 11) is 0. The summed E-state index contributed by atoms with van der Waals surface area (Å²) in [5.74, 6) is -0.0203. The quantitative estimate of drug-likeness (QED) is 0.856. The third-order valence-corrected chi connectivity index (χ3v) is 2.89. The summed E-state index contributed by atoms with van der Waals surface area (Å²) in [4.78, 5) is 0. The number of aryl methyl sites for hydroxylation is 1. The Hall–Kier alpha value is -2.03. The molecule has 2 nitrogen and oxygen atoms in total.